The van der Waals surface area contributed by atoms with Crippen LogP contribution in [0, 0.1) is 0 Å². The van der Waals surface area contributed by atoms with E-state index in [0.717, 1.165) is 30.2 Å². The van der Waals surface area contributed by atoms with Gasteiger partial charge in [-0.15, -0.1) is 0 Å². The van der Waals surface area contributed by atoms with Crippen LogP contribution in [0.4, 0.5) is 0 Å². The highest BCUT2D eigenvalue weighted by Gasteiger charge is 2.15. The summed E-state index contributed by atoms with van der Waals surface area (Å²) in [6, 6.07) is 7.98. The predicted octanol–water partition coefficient (Wildman–Crippen LogP) is 3.88. The van der Waals surface area contributed by atoms with E-state index < -0.39 is 0 Å². The number of rotatable bonds is 4. The van der Waals surface area contributed by atoms with Crippen LogP contribution in [0.1, 0.15) is 38.2 Å². The minimum atomic E-state index is 0.790. The minimum absolute atomic E-state index is 0.790. The van der Waals surface area contributed by atoms with Crippen LogP contribution >= 0.6 is 0 Å². The van der Waals surface area contributed by atoms with Crippen molar-refractivity contribution >= 4 is 5.84 Å². The van der Waals surface area contributed by atoms with E-state index in [2.05, 4.69) is 9.99 Å². The van der Waals surface area contributed by atoms with Crippen LogP contribution in [0.3, 0.4) is 0 Å². The first kappa shape index (κ1) is 16.3. The number of ether oxygens (including phenoxy) is 1. The first-order chi connectivity index (χ1) is 11.9. The Kier molecular flexibility index (Phi) is 5.66. The Morgan fingerprint density at radius 2 is 1.96 bits per heavy atom. The van der Waals surface area contributed by atoms with E-state index in [1.54, 1.807) is 18.8 Å². The SMILES string of the molecule is CC=COc1ccccc1C(=NN1CCCCCC1)n1ccnc1. The number of nitrogens with zero attached hydrogens (tertiary/aromatic N) is 4. The summed E-state index contributed by atoms with van der Waals surface area (Å²) in [5.41, 5.74) is 0.956. The average molecular weight is 324 g/mol. The topological polar surface area (TPSA) is 42.6 Å². The van der Waals surface area contributed by atoms with E-state index in [4.69, 9.17) is 9.84 Å². The van der Waals surface area contributed by atoms with Gasteiger partial charge in [0.05, 0.1) is 11.8 Å². The number of imidazole rings is 1. The number of allylic oxidation sites excluding steroid dienone is 1. The lowest BCUT2D eigenvalue weighted by Gasteiger charge is -2.20. The lowest BCUT2D eigenvalue weighted by Crippen LogP contribution is -2.24. The lowest BCUT2D eigenvalue weighted by atomic mass is 10.2. The minimum Gasteiger partial charge on any atom is -0.465 e. The van der Waals surface area contributed by atoms with Crippen LogP contribution in [0.25, 0.3) is 0 Å². The van der Waals surface area contributed by atoms with E-state index in [1.165, 1.54) is 25.7 Å². The zero-order valence-corrected chi connectivity index (χ0v) is 14.1. The largest absolute Gasteiger partial charge is 0.465 e. The van der Waals surface area contributed by atoms with Gasteiger partial charge in [-0.1, -0.05) is 31.1 Å². The molecule has 1 aliphatic rings. The highest BCUT2D eigenvalue weighted by molar-refractivity contribution is 6.02. The summed E-state index contributed by atoms with van der Waals surface area (Å²) in [4.78, 5) is 4.18. The second kappa shape index (κ2) is 8.34. The van der Waals surface area contributed by atoms with Gasteiger partial charge < -0.3 is 4.74 Å². The third kappa shape index (κ3) is 4.04. The predicted molar refractivity (Wildman–Crippen MR) is 96.1 cm³/mol. The van der Waals surface area contributed by atoms with Crippen molar-refractivity contribution < 1.29 is 4.74 Å². The van der Waals surface area contributed by atoms with E-state index >= 15 is 0 Å². The maximum Gasteiger partial charge on any atom is 0.169 e. The van der Waals surface area contributed by atoms with Crippen molar-refractivity contribution in [2.45, 2.75) is 32.6 Å². The molecule has 0 N–H and O–H groups in total. The van der Waals surface area contributed by atoms with Gasteiger partial charge >= 0.3 is 0 Å². The average Bonchev–Trinajstić information content (AvgIpc) is 3.02. The van der Waals surface area contributed by atoms with Crippen molar-refractivity contribution in [3.05, 3.63) is 60.9 Å². The third-order valence-electron chi connectivity index (χ3n) is 4.03. The first-order valence-electron chi connectivity index (χ1n) is 8.57. The number of para-hydroxylation sites is 1. The van der Waals surface area contributed by atoms with E-state index in [-0.39, 0.29) is 0 Å². The van der Waals surface area contributed by atoms with E-state index in [0.29, 0.717) is 0 Å². The summed E-state index contributed by atoms with van der Waals surface area (Å²) in [7, 11) is 0. The Labute approximate surface area is 143 Å². The van der Waals surface area contributed by atoms with Crippen LogP contribution in [0.15, 0.2) is 60.4 Å². The van der Waals surface area contributed by atoms with Crippen molar-refractivity contribution in [3.8, 4) is 5.75 Å². The number of benzene rings is 1. The molecule has 5 nitrogen and oxygen atoms in total. The number of hydrogen-bond donors (Lipinski definition) is 0. The van der Waals surface area contributed by atoms with Crippen LogP contribution in [0.5, 0.6) is 5.75 Å². The van der Waals surface area contributed by atoms with Crippen molar-refractivity contribution in [3.63, 3.8) is 0 Å². The van der Waals surface area contributed by atoms with Crippen molar-refractivity contribution in [2.75, 3.05) is 13.1 Å². The molecule has 0 spiro atoms. The summed E-state index contributed by atoms with van der Waals surface area (Å²) in [5.74, 6) is 1.63. The van der Waals surface area contributed by atoms with E-state index in [1.807, 2.05) is 48.0 Å². The van der Waals surface area contributed by atoms with Gasteiger partial charge in [-0.2, -0.15) is 5.10 Å². The molecule has 1 aromatic heterocycles. The standard InChI is InChI=1S/C19H24N4O/c1-2-15-24-18-10-6-5-9-17(18)19(22-14-11-20-16-22)21-23-12-7-3-4-8-13-23/h2,5-6,9-11,14-16H,3-4,7-8,12-13H2,1H3. The summed E-state index contributed by atoms with van der Waals surface area (Å²) in [6.07, 6.45) is 14.0. The lowest BCUT2D eigenvalue weighted by molar-refractivity contribution is 0.299. The normalized spacial score (nSPS) is 16.4. The first-order valence-corrected chi connectivity index (χ1v) is 8.57. The molecule has 5 heteroatoms. The van der Waals surface area contributed by atoms with Gasteiger partial charge in [0.25, 0.3) is 0 Å². The molecule has 0 radical (unpaired) electrons. The van der Waals surface area contributed by atoms with Crippen molar-refractivity contribution in [2.24, 2.45) is 5.10 Å². The molecule has 1 fully saturated rings. The Hall–Kier alpha value is -2.56. The zero-order chi connectivity index (χ0) is 16.6. The molecule has 1 saturated heterocycles. The monoisotopic (exact) mass is 324 g/mol. The number of hydrogen-bond acceptors (Lipinski definition) is 4. The molecular weight excluding hydrogens is 300 g/mol. The molecule has 2 heterocycles. The van der Waals surface area contributed by atoms with Gasteiger partial charge in [0, 0.05) is 25.5 Å². The number of hydrazone groups is 1. The fourth-order valence-corrected chi connectivity index (χ4v) is 2.81. The van der Waals surface area contributed by atoms with Gasteiger partial charge in [0.15, 0.2) is 5.84 Å². The summed E-state index contributed by atoms with van der Waals surface area (Å²) in [5, 5.41) is 7.12. The Morgan fingerprint density at radius 1 is 1.17 bits per heavy atom. The maximum atomic E-state index is 5.77. The van der Waals surface area contributed by atoms with Crippen molar-refractivity contribution in [1.29, 1.82) is 0 Å². The fraction of sp³-hybridized carbons (Fsp3) is 0.368. The van der Waals surface area contributed by atoms with E-state index in [9.17, 15) is 0 Å². The smallest absolute Gasteiger partial charge is 0.169 e. The summed E-state index contributed by atoms with van der Waals surface area (Å²) >= 11 is 0. The molecule has 0 unspecified atom stereocenters. The quantitative estimate of drug-likeness (QED) is 0.487. The molecule has 0 bridgehead atoms. The molecular formula is C19H24N4O. The van der Waals surface area contributed by atoms with Crippen LogP contribution < -0.4 is 4.74 Å². The van der Waals surface area contributed by atoms with Gasteiger partial charge in [-0.05, 0) is 31.9 Å². The molecule has 0 amide bonds. The molecule has 0 atom stereocenters. The van der Waals surface area contributed by atoms with Gasteiger partial charge in [0.1, 0.15) is 12.1 Å². The van der Waals surface area contributed by atoms with Gasteiger partial charge in [-0.25, -0.2) is 4.98 Å². The van der Waals surface area contributed by atoms with Crippen molar-refractivity contribution in [1.82, 2.24) is 14.6 Å². The number of aromatic nitrogens is 2. The maximum absolute atomic E-state index is 5.77. The second-order valence-corrected chi connectivity index (χ2v) is 5.84. The van der Waals surface area contributed by atoms with Gasteiger partial charge in [-0.3, -0.25) is 9.58 Å². The molecule has 0 saturated carbocycles. The fourth-order valence-electron chi connectivity index (χ4n) is 2.81. The van der Waals surface area contributed by atoms with Crippen LogP contribution in [-0.4, -0.2) is 33.5 Å². The zero-order valence-electron chi connectivity index (χ0n) is 14.1. The molecule has 2 aromatic rings. The van der Waals surface area contributed by atoms with Crippen LogP contribution in [0.2, 0.25) is 0 Å². The molecule has 3 rings (SSSR count). The summed E-state index contributed by atoms with van der Waals surface area (Å²) in [6.45, 7) is 3.93. The highest BCUT2D eigenvalue weighted by Crippen LogP contribution is 2.21. The Bertz CT molecular complexity index is 683. The molecule has 0 aliphatic carbocycles. The van der Waals surface area contributed by atoms with Crippen LogP contribution in [-0.2, 0) is 0 Å². The summed E-state index contributed by atoms with van der Waals surface area (Å²) < 4.78 is 7.71. The Balaban J connectivity index is 1.99. The molecule has 24 heavy (non-hydrogen) atoms. The third-order valence-corrected chi connectivity index (χ3v) is 4.03. The van der Waals surface area contributed by atoms with Gasteiger partial charge in [0.2, 0.25) is 0 Å². The highest BCUT2D eigenvalue weighted by atomic mass is 16.5. The molecule has 1 aliphatic heterocycles. The second-order valence-electron chi connectivity index (χ2n) is 5.84. The molecule has 126 valence electrons. The molecule has 1 aromatic carbocycles. The Morgan fingerprint density at radius 3 is 2.67 bits per heavy atom.